The maximum Gasteiger partial charge on any atom is 0.309 e. The maximum atomic E-state index is 11.8. The van der Waals surface area contributed by atoms with Crippen molar-refractivity contribution < 1.29 is 9.53 Å². The van der Waals surface area contributed by atoms with Crippen LogP contribution >= 0.6 is 0 Å². The molecule has 2 rings (SSSR count). The van der Waals surface area contributed by atoms with Crippen LogP contribution in [0.4, 0.5) is 0 Å². The Morgan fingerprint density at radius 1 is 1.25 bits per heavy atom. The lowest BCUT2D eigenvalue weighted by molar-refractivity contribution is -0.150. The second-order valence-electron chi connectivity index (χ2n) is 5.39. The molecular formula is C13H23NO2. The average Bonchev–Trinajstić information content (AvgIpc) is 2.81. The number of esters is 1. The lowest BCUT2D eigenvalue weighted by Crippen LogP contribution is -2.44. The molecule has 1 saturated carbocycles. The van der Waals surface area contributed by atoms with Crippen LogP contribution in [0.3, 0.4) is 0 Å². The van der Waals surface area contributed by atoms with Gasteiger partial charge in [-0.2, -0.15) is 0 Å². The molecule has 2 fully saturated rings. The molecule has 2 unspecified atom stereocenters. The Bertz CT molecular complexity index is 248. The Kier molecular flexibility index (Phi) is 3.85. The second kappa shape index (κ2) is 5.17. The summed E-state index contributed by atoms with van der Waals surface area (Å²) in [6.07, 6.45) is 6.29. The number of ether oxygens (including phenoxy) is 1. The van der Waals surface area contributed by atoms with Gasteiger partial charge in [-0.05, 0) is 31.8 Å². The molecule has 0 aromatic heterocycles. The van der Waals surface area contributed by atoms with E-state index in [-0.39, 0.29) is 11.9 Å². The van der Waals surface area contributed by atoms with Gasteiger partial charge in [-0.1, -0.05) is 25.7 Å². The molecule has 0 radical (unpaired) electrons. The molecule has 0 bridgehead atoms. The van der Waals surface area contributed by atoms with Crippen molar-refractivity contribution in [2.24, 2.45) is 17.8 Å². The van der Waals surface area contributed by atoms with Crippen LogP contribution < -0.4 is 0 Å². The van der Waals surface area contributed by atoms with Crippen molar-refractivity contribution in [3.8, 4) is 0 Å². The van der Waals surface area contributed by atoms with Crippen molar-refractivity contribution in [3.63, 3.8) is 0 Å². The number of piperidine rings is 1. The van der Waals surface area contributed by atoms with Crippen LogP contribution in [0.15, 0.2) is 0 Å². The Morgan fingerprint density at radius 2 is 1.94 bits per heavy atom. The van der Waals surface area contributed by atoms with Crippen LogP contribution in [0.2, 0.25) is 0 Å². The topological polar surface area (TPSA) is 29.5 Å². The summed E-state index contributed by atoms with van der Waals surface area (Å²) in [6.45, 7) is 2.10. The number of rotatable bonds is 2. The zero-order valence-electron chi connectivity index (χ0n) is 10.4. The number of hydrogen-bond donors (Lipinski definition) is 0. The summed E-state index contributed by atoms with van der Waals surface area (Å²) in [6, 6.07) is 0. The van der Waals surface area contributed by atoms with Gasteiger partial charge in [-0.3, -0.25) is 4.79 Å². The Hall–Kier alpha value is -0.570. The molecule has 1 saturated heterocycles. The maximum absolute atomic E-state index is 11.8. The van der Waals surface area contributed by atoms with Crippen molar-refractivity contribution in [2.75, 3.05) is 27.2 Å². The number of carbonyl (C=O) groups excluding carboxylic acids is 1. The van der Waals surface area contributed by atoms with Crippen LogP contribution in [0, 0.1) is 17.8 Å². The van der Waals surface area contributed by atoms with Gasteiger partial charge in [-0.25, -0.2) is 0 Å². The smallest absolute Gasteiger partial charge is 0.309 e. The summed E-state index contributed by atoms with van der Waals surface area (Å²) < 4.78 is 4.96. The van der Waals surface area contributed by atoms with E-state index >= 15 is 0 Å². The second-order valence-corrected chi connectivity index (χ2v) is 5.39. The van der Waals surface area contributed by atoms with Crippen LogP contribution in [-0.4, -0.2) is 38.1 Å². The fourth-order valence-electron chi connectivity index (χ4n) is 3.46. The molecule has 2 atom stereocenters. The average molecular weight is 225 g/mol. The fraction of sp³-hybridized carbons (Fsp3) is 0.923. The minimum Gasteiger partial charge on any atom is -0.469 e. The third kappa shape index (κ3) is 2.40. The van der Waals surface area contributed by atoms with Gasteiger partial charge >= 0.3 is 5.97 Å². The molecule has 0 aromatic carbocycles. The highest BCUT2D eigenvalue weighted by Crippen LogP contribution is 2.39. The van der Waals surface area contributed by atoms with E-state index in [2.05, 4.69) is 11.9 Å². The number of hydrogen-bond acceptors (Lipinski definition) is 3. The Labute approximate surface area is 98.1 Å². The predicted molar refractivity (Wildman–Crippen MR) is 63.1 cm³/mol. The first-order valence-corrected chi connectivity index (χ1v) is 6.48. The van der Waals surface area contributed by atoms with Gasteiger partial charge in [0.05, 0.1) is 13.0 Å². The molecule has 1 heterocycles. The van der Waals surface area contributed by atoms with E-state index in [1.807, 2.05) is 0 Å². The quantitative estimate of drug-likeness (QED) is 0.672. The van der Waals surface area contributed by atoms with E-state index in [0.29, 0.717) is 5.92 Å². The van der Waals surface area contributed by atoms with Gasteiger partial charge in [0.25, 0.3) is 0 Å². The number of likely N-dealkylation sites (tertiary alicyclic amines) is 1. The largest absolute Gasteiger partial charge is 0.469 e. The molecule has 0 amide bonds. The summed E-state index contributed by atoms with van der Waals surface area (Å²) >= 11 is 0. The zero-order valence-corrected chi connectivity index (χ0v) is 10.4. The van der Waals surface area contributed by atoms with Crippen LogP contribution in [0.25, 0.3) is 0 Å². The summed E-state index contributed by atoms with van der Waals surface area (Å²) in [4.78, 5) is 14.2. The molecule has 3 nitrogen and oxygen atoms in total. The van der Waals surface area contributed by atoms with Crippen molar-refractivity contribution >= 4 is 5.97 Å². The van der Waals surface area contributed by atoms with Gasteiger partial charge in [0.2, 0.25) is 0 Å². The third-order valence-corrected chi connectivity index (χ3v) is 4.37. The van der Waals surface area contributed by atoms with Crippen molar-refractivity contribution in [1.82, 2.24) is 4.90 Å². The first kappa shape index (κ1) is 11.9. The molecule has 2 aliphatic rings. The summed E-state index contributed by atoms with van der Waals surface area (Å²) in [5.74, 6) is 1.47. The molecule has 1 aliphatic carbocycles. The summed E-state index contributed by atoms with van der Waals surface area (Å²) in [7, 11) is 3.68. The van der Waals surface area contributed by atoms with Gasteiger partial charge in [0.1, 0.15) is 0 Å². The highest BCUT2D eigenvalue weighted by atomic mass is 16.5. The van der Waals surface area contributed by atoms with Gasteiger partial charge in [0, 0.05) is 6.54 Å². The first-order valence-electron chi connectivity index (χ1n) is 6.48. The Balaban J connectivity index is 2.05. The molecule has 0 aromatic rings. The highest BCUT2D eigenvalue weighted by Gasteiger charge is 2.39. The summed E-state index contributed by atoms with van der Waals surface area (Å²) in [5.41, 5.74) is 0. The normalized spacial score (nSPS) is 32.9. The third-order valence-electron chi connectivity index (χ3n) is 4.37. The van der Waals surface area contributed by atoms with E-state index in [1.54, 1.807) is 0 Å². The lowest BCUT2D eigenvalue weighted by Gasteiger charge is -2.38. The molecular weight excluding hydrogens is 202 g/mol. The standard InChI is InChI=1S/C13H23NO2/c1-14-8-7-11(13(15)16-2)12(9-14)10-5-3-4-6-10/h10-12H,3-9H2,1-2H3. The fourth-order valence-corrected chi connectivity index (χ4v) is 3.46. The van der Waals surface area contributed by atoms with Crippen LogP contribution in [0.1, 0.15) is 32.1 Å². The van der Waals surface area contributed by atoms with Gasteiger partial charge < -0.3 is 9.64 Å². The van der Waals surface area contributed by atoms with Crippen LogP contribution in [-0.2, 0) is 9.53 Å². The van der Waals surface area contributed by atoms with E-state index < -0.39 is 0 Å². The Morgan fingerprint density at radius 3 is 2.56 bits per heavy atom. The number of methoxy groups -OCH3 is 1. The molecule has 0 N–H and O–H groups in total. The van der Waals surface area contributed by atoms with E-state index in [0.717, 1.165) is 25.4 Å². The lowest BCUT2D eigenvalue weighted by atomic mass is 9.76. The molecule has 3 heteroatoms. The SMILES string of the molecule is COC(=O)C1CCN(C)CC1C1CCCC1. The summed E-state index contributed by atoms with van der Waals surface area (Å²) in [5, 5.41) is 0. The minimum absolute atomic E-state index is 0.0185. The van der Waals surface area contributed by atoms with Crippen molar-refractivity contribution in [2.45, 2.75) is 32.1 Å². The highest BCUT2D eigenvalue weighted by molar-refractivity contribution is 5.72. The molecule has 0 spiro atoms. The number of nitrogens with zero attached hydrogens (tertiary/aromatic N) is 1. The van der Waals surface area contributed by atoms with Crippen molar-refractivity contribution in [3.05, 3.63) is 0 Å². The van der Waals surface area contributed by atoms with E-state index in [4.69, 9.17) is 4.74 Å². The molecule has 92 valence electrons. The molecule has 16 heavy (non-hydrogen) atoms. The predicted octanol–water partition coefficient (Wildman–Crippen LogP) is 1.92. The van der Waals surface area contributed by atoms with Gasteiger partial charge in [-0.15, -0.1) is 0 Å². The first-order chi connectivity index (χ1) is 7.72. The molecule has 1 aliphatic heterocycles. The van der Waals surface area contributed by atoms with E-state index in [9.17, 15) is 4.79 Å². The monoisotopic (exact) mass is 225 g/mol. The van der Waals surface area contributed by atoms with Crippen molar-refractivity contribution in [1.29, 1.82) is 0 Å². The minimum atomic E-state index is 0.0185. The zero-order chi connectivity index (χ0) is 11.5. The number of carbonyl (C=O) groups is 1. The van der Waals surface area contributed by atoms with Gasteiger partial charge in [0.15, 0.2) is 0 Å². The van der Waals surface area contributed by atoms with Crippen LogP contribution in [0.5, 0.6) is 0 Å². The van der Waals surface area contributed by atoms with E-state index in [1.165, 1.54) is 32.8 Å².